The SMILES string of the molecule is CCNC(=O)NC(=O)C(C)OC(=O)c1ccc(OC)c(S(=O)(=O)N2CCOCC2)c1. The smallest absolute Gasteiger partial charge is 0.338 e. The van der Waals surface area contributed by atoms with Crippen molar-refractivity contribution in [3.63, 3.8) is 0 Å². The first-order valence-electron chi connectivity index (χ1n) is 9.26. The molecular formula is C18H25N3O8S. The number of amides is 3. The van der Waals surface area contributed by atoms with Gasteiger partial charge in [0, 0.05) is 19.6 Å². The van der Waals surface area contributed by atoms with Gasteiger partial charge in [0.2, 0.25) is 10.0 Å². The molecule has 1 aromatic rings. The van der Waals surface area contributed by atoms with Crippen molar-refractivity contribution >= 4 is 27.9 Å². The van der Waals surface area contributed by atoms with E-state index in [0.717, 1.165) is 6.07 Å². The highest BCUT2D eigenvalue weighted by atomic mass is 32.2. The van der Waals surface area contributed by atoms with E-state index in [4.69, 9.17) is 14.2 Å². The Hall–Kier alpha value is -2.70. The predicted octanol–water partition coefficient (Wildman–Crippen LogP) is 0.107. The Morgan fingerprint density at radius 3 is 2.50 bits per heavy atom. The van der Waals surface area contributed by atoms with Gasteiger partial charge in [0.25, 0.3) is 5.91 Å². The second kappa shape index (κ2) is 10.4. The summed E-state index contributed by atoms with van der Waals surface area (Å²) in [5.74, 6) is -1.67. The Morgan fingerprint density at radius 2 is 1.90 bits per heavy atom. The van der Waals surface area contributed by atoms with Gasteiger partial charge in [-0.2, -0.15) is 4.31 Å². The zero-order valence-corrected chi connectivity index (χ0v) is 17.8. The van der Waals surface area contributed by atoms with Gasteiger partial charge in [-0.05, 0) is 32.0 Å². The van der Waals surface area contributed by atoms with E-state index in [1.54, 1.807) is 6.92 Å². The van der Waals surface area contributed by atoms with Crippen LogP contribution in [0.4, 0.5) is 4.79 Å². The normalized spacial score (nSPS) is 15.7. The van der Waals surface area contributed by atoms with E-state index in [1.165, 1.54) is 30.5 Å². The van der Waals surface area contributed by atoms with Gasteiger partial charge in [-0.3, -0.25) is 10.1 Å². The highest BCUT2D eigenvalue weighted by molar-refractivity contribution is 7.89. The lowest BCUT2D eigenvalue weighted by Crippen LogP contribution is -2.44. The molecule has 1 aromatic carbocycles. The van der Waals surface area contributed by atoms with Crippen LogP contribution in [0.3, 0.4) is 0 Å². The molecule has 0 aromatic heterocycles. The molecule has 1 atom stereocenters. The van der Waals surface area contributed by atoms with E-state index in [0.29, 0.717) is 6.54 Å². The van der Waals surface area contributed by atoms with Crippen molar-refractivity contribution in [1.29, 1.82) is 0 Å². The molecule has 1 heterocycles. The van der Waals surface area contributed by atoms with Crippen molar-refractivity contribution in [2.45, 2.75) is 24.8 Å². The summed E-state index contributed by atoms with van der Waals surface area (Å²) in [7, 11) is -2.62. The minimum Gasteiger partial charge on any atom is -0.495 e. The number of carbonyl (C=O) groups excluding carboxylic acids is 3. The zero-order chi connectivity index (χ0) is 22.3. The van der Waals surface area contributed by atoms with Crippen LogP contribution >= 0.6 is 0 Å². The van der Waals surface area contributed by atoms with E-state index < -0.39 is 34.0 Å². The van der Waals surface area contributed by atoms with Crippen LogP contribution in [0.1, 0.15) is 24.2 Å². The van der Waals surface area contributed by atoms with E-state index in [-0.39, 0.29) is 42.5 Å². The van der Waals surface area contributed by atoms with Crippen LogP contribution < -0.4 is 15.4 Å². The summed E-state index contributed by atoms with van der Waals surface area (Å²) in [5.41, 5.74) is -0.0831. The highest BCUT2D eigenvalue weighted by Gasteiger charge is 2.30. The molecule has 0 bridgehead atoms. The molecule has 166 valence electrons. The largest absolute Gasteiger partial charge is 0.495 e. The molecule has 12 heteroatoms. The van der Waals surface area contributed by atoms with Gasteiger partial charge in [0.1, 0.15) is 10.6 Å². The summed E-state index contributed by atoms with van der Waals surface area (Å²) < 4.78 is 42.6. The van der Waals surface area contributed by atoms with Crippen LogP contribution in [0.2, 0.25) is 0 Å². The Kier molecular flexibility index (Phi) is 8.15. The number of hydrogen-bond acceptors (Lipinski definition) is 8. The maximum absolute atomic E-state index is 13.0. The third-order valence-electron chi connectivity index (χ3n) is 4.21. The fourth-order valence-corrected chi connectivity index (χ4v) is 4.22. The number of carbonyl (C=O) groups is 3. The van der Waals surface area contributed by atoms with Crippen molar-refractivity contribution in [3.05, 3.63) is 23.8 Å². The Morgan fingerprint density at radius 1 is 1.23 bits per heavy atom. The second-order valence-electron chi connectivity index (χ2n) is 6.28. The predicted molar refractivity (Wildman–Crippen MR) is 105 cm³/mol. The number of rotatable bonds is 7. The number of nitrogens with one attached hydrogen (secondary N) is 2. The maximum Gasteiger partial charge on any atom is 0.338 e. The molecule has 1 unspecified atom stereocenters. The number of ether oxygens (including phenoxy) is 3. The molecule has 2 rings (SSSR count). The number of methoxy groups -OCH3 is 1. The molecule has 0 aliphatic carbocycles. The van der Waals surface area contributed by atoms with E-state index in [2.05, 4.69) is 5.32 Å². The van der Waals surface area contributed by atoms with Gasteiger partial charge in [-0.1, -0.05) is 0 Å². The van der Waals surface area contributed by atoms with Crippen molar-refractivity contribution in [1.82, 2.24) is 14.9 Å². The van der Waals surface area contributed by atoms with Crippen LogP contribution in [-0.4, -0.2) is 76.7 Å². The summed E-state index contributed by atoms with van der Waals surface area (Å²) in [6, 6.07) is 3.09. The summed E-state index contributed by atoms with van der Waals surface area (Å²) in [5, 5.41) is 4.41. The topological polar surface area (TPSA) is 140 Å². The minimum atomic E-state index is -3.94. The monoisotopic (exact) mass is 443 g/mol. The fourth-order valence-electron chi connectivity index (χ4n) is 2.63. The number of imide groups is 1. The van der Waals surface area contributed by atoms with Crippen LogP contribution in [0.25, 0.3) is 0 Å². The van der Waals surface area contributed by atoms with Gasteiger partial charge in [0.05, 0.1) is 25.9 Å². The Bertz CT molecular complexity index is 897. The van der Waals surface area contributed by atoms with Gasteiger partial charge in [-0.15, -0.1) is 0 Å². The average Bonchev–Trinajstić information content (AvgIpc) is 2.73. The molecule has 1 fully saturated rings. The lowest BCUT2D eigenvalue weighted by molar-refractivity contribution is -0.127. The number of esters is 1. The van der Waals surface area contributed by atoms with Crippen molar-refractivity contribution in [2.24, 2.45) is 0 Å². The second-order valence-corrected chi connectivity index (χ2v) is 8.18. The number of morpholine rings is 1. The summed E-state index contributed by atoms with van der Waals surface area (Å²) in [4.78, 5) is 35.6. The van der Waals surface area contributed by atoms with Gasteiger partial charge in [-0.25, -0.2) is 18.0 Å². The first kappa shape index (κ1) is 23.6. The lowest BCUT2D eigenvalue weighted by atomic mass is 10.2. The first-order chi connectivity index (χ1) is 14.2. The van der Waals surface area contributed by atoms with E-state index >= 15 is 0 Å². The standard InChI is InChI=1S/C18H25N3O8S/c1-4-19-18(24)20-16(22)12(2)29-17(23)13-5-6-14(27-3)15(11-13)30(25,26)21-7-9-28-10-8-21/h5-6,11-12H,4,7-10H2,1-3H3,(H2,19,20,22,24). The van der Waals surface area contributed by atoms with Crippen LogP contribution in [0, 0.1) is 0 Å². The third-order valence-corrected chi connectivity index (χ3v) is 6.13. The first-order valence-corrected chi connectivity index (χ1v) is 10.7. The van der Waals surface area contributed by atoms with E-state index in [1.807, 2.05) is 5.32 Å². The molecule has 0 saturated carbocycles. The average molecular weight is 443 g/mol. The maximum atomic E-state index is 13.0. The number of nitrogens with zero attached hydrogens (tertiary/aromatic N) is 1. The van der Waals surface area contributed by atoms with E-state index in [9.17, 15) is 22.8 Å². The van der Waals surface area contributed by atoms with Crippen molar-refractivity contribution in [2.75, 3.05) is 40.0 Å². The molecule has 3 amide bonds. The van der Waals surface area contributed by atoms with Crippen LogP contribution in [-0.2, 0) is 24.3 Å². The Labute approximate surface area is 174 Å². The third kappa shape index (κ3) is 5.68. The minimum absolute atomic E-state index is 0.0695. The van der Waals surface area contributed by atoms with Crippen LogP contribution in [0.15, 0.2) is 23.1 Å². The molecule has 1 saturated heterocycles. The number of urea groups is 1. The van der Waals surface area contributed by atoms with Crippen molar-refractivity contribution < 1.29 is 37.0 Å². The van der Waals surface area contributed by atoms with Gasteiger partial charge < -0.3 is 19.5 Å². The zero-order valence-electron chi connectivity index (χ0n) is 17.0. The van der Waals surface area contributed by atoms with Gasteiger partial charge in [0.15, 0.2) is 6.10 Å². The number of sulfonamides is 1. The van der Waals surface area contributed by atoms with Gasteiger partial charge >= 0.3 is 12.0 Å². The Balaban J connectivity index is 2.20. The molecule has 11 nitrogen and oxygen atoms in total. The summed E-state index contributed by atoms with van der Waals surface area (Å²) >= 11 is 0. The quantitative estimate of drug-likeness (QED) is 0.566. The molecular weight excluding hydrogens is 418 g/mol. The molecule has 1 aliphatic heterocycles. The summed E-state index contributed by atoms with van der Waals surface area (Å²) in [6.45, 7) is 4.18. The highest BCUT2D eigenvalue weighted by Crippen LogP contribution is 2.28. The summed E-state index contributed by atoms with van der Waals surface area (Å²) in [6.07, 6.45) is -1.28. The molecule has 30 heavy (non-hydrogen) atoms. The van der Waals surface area contributed by atoms with Crippen molar-refractivity contribution in [3.8, 4) is 5.75 Å². The molecule has 0 spiro atoms. The number of hydrogen-bond donors (Lipinski definition) is 2. The molecule has 2 N–H and O–H groups in total. The fraction of sp³-hybridized carbons (Fsp3) is 0.500. The molecule has 1 aliphatic rings. The lowest BCUT2D eigenvalue weighted by Gasteiger charge is -2.26. The molecule has 0 radical (unpaired) electrons. The number of benzene rings is 1. The van der Waals surface area contributed by atoms with Crippen LogP contribution in [0.5, 0.6) is 5.75 Å².